The van der Waals surface area contributed by atoms with Gasteiger partial charge in [0.15, 0.2) is 0 Å². The van der Waals surface area contributed by atoms with Crippen LogP contribution in [0, 0.1) is 0 Å². The average Bonchev–Trinajstić information content (AvgIpc) is 3.25. The van der Waals surface area contributed by atoms with E-state index in [-0.39, 0.29) is 18.4 Å². The molecule has 0 aromatic heterocycles. The van der Waals surface area contributed by atoms with Crippen molar-refractivity contribution in [2.24, 2.45) is 0 Å². The Morgan fingerprint density at radius 2 is 1.75 bits per heavy atom. The second kappa shape index (κ2) is 9.75. The van der Waals surface area contributed by atoms with Crippen LogP contribution in [0.4, 0.5) is 0 Å². The van der Waals surface area contributed by atoms with Crippen LogP contribution < -0.4 is 20.3 Å². The van der Waals surface area contributed by atoms with Gasteiger partial charge < -0.3 is 14.2 Å². The fourth-order valence-corrected chi connectivity index (χ4v) is 2.84. The summed E-state index contributed by atoms with van der Waals surface area (Å²) in [6.45, 7) is 1.30. The van der Waals surface area contributed by atoms with E-state index < -0.39 is 5.91 Å². The molecule has 1 unspecified atom stereocenters. The lowest BCUT2D eigenvalue weighted by molar-refractivity contribution is -0.121. The summed E-state index contributed by atoms with van der Waals surface area (Å²) < 4.78 is 16.3. The van der Waals surface area contributed by atoms with Gasteiger partial charge >= 0.3 is 0 Å². The summed E-state index contributed by atoms with van der Waals surface area (Å²) in [6.07, 6.45) is 2.37. The monoisotopic (exact) mass is 384 g/mol. The van der Waals surface area contributed by atoms with E-state index in [2.05, 4.69) is 10.9 Å². The van der Waals surface area contributed by atoms with E-state index in [0.29, 0.717) is 17.9 Å². The van der Waals surface area contributed by atoms with Crippen molar-refractivity contribution < 1.29 is 23.8 Å². The van der Waals surface area contributed by atoms with Gasteiger partial charge in [-0.1, -0.05) is 12.1 Å². The van der Waals surface area contributed by atoms with Crippen LogP contribution in [0.15, 0.2) is 48.5 Å². The third kappa shape index (κ3) is 5.72. The Kier molecular flexibility index (Phi) is 6.86. The highest BCUT2D eigenvalue weighted by Gasteiger charge is 2.16. The molecule has 148 valence electrons. The van der Waals surface area contributed by atoms with Crippen LogP contribution in [0.1, 0.15) is 28.8 Å². The molecule has 7 nitrogen and oxygen atoms in total. The predicted octanol–water partition coefficient (Wildman–Crippen LogP) is 2.26. The van der Waals surface area contributed by atoms with Gasteiger partial charge in [-0.05, 0) is 54.8 Å². The molecule has 1 aliphatic rings. The van der Waals surface area contributed by atoms with E-state index in [1.165, 1.54) is 0 Å². The summed E-state index contributed by atoms with van der Waals surface area (Å²) in [4.78, 5) is 24.1. The Hall–Kier alpha value is -3.06. The van der Waals surface area contributed by atoms with Gasteiger partial charge in [0.25, 0.3) is 5.91 Å². The Labute approximate surface area is 164 Å². The van der Waals surface area contributed by atoms with Gasteiger partial charge in [-0.3, -0.25) is 20.4 Å². The molecule has 0 spiro atoms. The molecule has 1 atom stereocenters. The first-order valence-corrected chi connectivity index (χ1v) is 9.20. The number of hydrazine groups is 1. The van der Waals surface area contributed by atoms with Gasteiger partial charge in [-0.15, -0.1) is 0 Å². The van der Waals surface area contributed by atoms with E-state index in [4.69, 9.17) is 14.2 Å². The molecule has 0 saturated carbocycles. The summed E-state index contributed by atoms with van der Waals surface area (Å²) in [6, 6.07) is 13.9. The van der Waals surface area contributed by atoms with Crippen LogP contribution in [-0.4, -0.2) is 38.2 Å². The van der Waals surface area contributed by atoms with E-state index in [0.717, 1.165) is 30.8 Å². The average molecular weight is 384 g/mol. The van der Waals surface area contributed by atoms with Crippen LogP contribution in [-0.2, 0) is 16.0 Å². The number of hydrogen-bond donors (Lipinski definition) is 2. The van der Waals surface area contributed by atoms with Crippen LogP contribution in [0.5, 0.6) is 11.5 Å². The number of rotatable bonds is 7. The van der Waals surface area contributed by atoms with Gasteiger partial charge in [-0.2, -0.15) is 0 Å². The minimum atomic E-state index is -0.395. The minimum absolute atomic E-state index is 0.142. The minimum Gasteiger partial charge on any atom is -0.497 e. The summed E-state index contributed by atoms with van der Waals surface area (Å²) in [5, 5.41) is 0. The molecule has 1 aliphatic heterocycles. The molecule has 1 fully saturated rings. The Morgan fingerprint density at radius 3 is 2.39 bits per heavy atom. The normalized spacial score (nSPS) is 15.7. The molecule has 3 rings (SSSR count). The SMILES string of the molecule is COc1ccc(CC(=O)NNC(=O)c2ccc(OCC3CCCO3)cc2)cc1. The molecule has 2 aromatic carbocycles. The van der Waals surface area contributed by atoms with Gasteiger partial charge in [0, 0.05) is 12.2 Å². The van der Waals surface area contributed by atoms with Crippen molar-refractivity contribution in [3.05, 3.63) is 59.7 Å². The van der Waals surface area contributed by atoms with Crippen molar-refractivity contribution in [2.45, 2.75) is 25.4 Å². The first kappa shape index (κ1) is 19.7. The van der Waals surface area contributed by atoms with Crippen LogP contribution in [0.3, 0.4) is 0 Å². The predicted molar refractivity (Wildman–Crippen MR) is 103 cm³/mol. The molecular weight excluding hydrogens is 360 g/mol. The number of ether oxygens (including phenoxy) is 3. The second-order valence-electron chi connectivity index (χ2n) is 6.50. The zero-order valence-corrected chi connectivity index (χ0v) is 15.8. The summed E-state index contributed by atoms with van der Waals surface area (Å²) in [5.41, 5.74) is 6.08. The Bertz CT molecular complexity index is 783. The Morgan fingerprint density at radius 1 is 1.04 bits per heavy atom. The number of carbonyl (C=O) groups is 2. The summed E-state index contributed by atoms with van der Waals surface area (Å²) >= 11 is 0. The lowest BCUT2D eigenvalue weighted by Gasteiger charge is -2.12. The molecular formula is C21H24N2O5. The van der Waals surface area contributed by atoms with Crippen molar-refractivity contribution in [1.82, 2.24) is 10.9 Å². The maximum Gasteiger partial charge on any atom is 0.269 e. The standard InChI is InChI=1S/C21H24N2O5/c1-26-17-8-4-15(5-9-17)13-20(24)22-23-21(25)16-6-10-18(11-7-16)28-14-19-3-2-12-27-19/h4-11,19H,2-3,12-14H2,1H3,(H,22,24)(H,23,25). The number of carbonyl (C=O) groups excluding carboxylic acids is 2. The third-order valence-electron chi connectivity index (χ3n) is 4.42. The van der Waals surface area contributed by atoms with Gasteiger partial charge in [0.1, 0.15) is 18.1 Å². The van der Waals surface area contributed by atoms with Gasteiger partial charge in [0.05, 0.1) is 19.6 Å². The molecule has 0 bridgehead atoms. The summed E-state index contributed by atoms with van der Waals surface area (Å²) in [5.74, 6) is 0.694. The summed E-state index contributed by atoms with van der Waals surface area (Å²) in [7, 11) is 1.58. The lowest BCUT2D eigenvalue weighted by Crippen LogP contribution is -2.42. The van der Waals surface area contributed by atoms with Gasteiger partial charge in [-0.25, -0.2) is 0 Å². The zero-order valence-electron chi connectivity index (χ0n) is 15.8. The largest absolute Gasteiger partial charge is 0.497 e. The highest BCUT2D eigenvalue weighted by atomic mass is 16.5. The smallest absolute Gasteiger partial charge is 0.269 e. The van der Waals surface area contributed by atoms with E-state index in [1.54, 1.807) is 55.6 Å². The first-order chi connectivity index (χ1) is 13.6. The molecule has 2 N–H and O–H groups in total. The number of methoxy groups -OCH3 is 1. The van der Waals surface area contributed by atoms with E-state index >= 15 is 0 Å². The fraction of sp³-hybridized carbons (Fsp3) is 0.333. The maximum absolute atomic E-state index is 12.2. The number of hydrogen-bond acceptors (Lipinski definition) is 5. The second-order valence-corrected chi connectivity index (χ2v) is 6.50. The van der Waals surface area contributed by atoms with Crippen molar-refractivity contribution in [3.8, 4) is 11.5 Å². The molecule has 7 heteroatoms. The zero-order chi connectivity index (χ0) is 19.8. The third-order valence-corrected chi connectivity index (χ3v) is 4.42. The van der Waals surface area contributed by atoms with Crippen LogP contribution in [0.25, 0.3) is 0 Å². The first-order valence-electron chi connectivity index (χ1n) is 9.20. The fourth-order valence-electron chi connectivity index (χ4n) is 2.84. The van der Waals surface area contributed by atoms with Crippen molar-refractivity contribution >= 4 is 11.8 Å². The molecule has 2 amide bonds. The number of nitrogens with one attached hydrogen (secondary N) is 2. The molecule has 1 heterocycles. The molecule has 0 aliphatic carbocycles. The molecule has 1 saturated heterocycles. The van der Waals surface area contributed by atoms with Crippen LogP contribution >= 0.6 is 0 Å². The van der Waals surface area contributed by atoms with E-state index in [9.17, 15) is 9.59 Å². The van der Waals surface area contributed by atoms with Crippen molar-refractivity contribution in [1.29, 1.82) is 0 Å². The Balaban J connectivity index is 1.42. The number of amides is 2. The van der Waals surface area contributed by atoms with E-state index in [1.807, 2.05) is 0 Å². The van der Waals surface area contributed by atoms with Crippen LogP contribution in [0.2, 0.25) is 0 Å². The molecule has 0 radical (unpaired) electrons. The topological polar surface area (TPSA) is 85.9 Å². The lowest BCUT2D eigenvalue weighted by atomic mass is 10.1. The highest BCUT2D eigenvalue weighted by molar-refractivity contribution is 5.95. The maximum atomic E-state index is 12.2. The van der Waals surface area contributed by atoms with Gasteiger partial charge in [0.2, 0.25) is 5.91 Å². The molecule has 28 heavy (non-hydrogen) atoms. The van der Waals surface area contributed by atoms with Crippen molar-refractivity contribution in [3.63, 3.8) is 0 Å². The number of benzene rings is 2. The highest BCUT2D eigenvalue weighted by Crippen LogP contribution is 2.16. The molecule has 2 aromatic rings. The van der Waals surface area contributed by atoms with Crippen molar-refractivity contribution in [2.75, 3.05) is 20.3 Å². The quantitative estimate of drug-likeness (QED) is 0.715.